The molecule has 3 atom stereocenters. The zero-order valence-electron chi connectivity index (χ0n) is 24.0. The summed E-state index contributed by atoms with van der Waals surface area (Å²) in [6.45, 7) is 9.81. The minimum Gasteiger partial charge on any atom is -0.391 e. The summed E-state index contributed by atoms with van der Waals surface area (Å²) in [7, 11) is 0. The second-order valence-corrected chi connectivity index (χ2v) is 11.5. The van der Waals surface area contributed by atoms with E-state index in [1.807, 2.05) is 13.8 Å². The number of carbonyl (C=O) groups is 3. The third kappa shape index (κ3) is 8.88. The van der Waals surface area contributed by atoms with Gasteiger partial charge in [-0.2, -0.15) is 0 Å². The van der Waals surface area contributed by atoms with Crippen LogP contribution in [0, 0.1) is 23.1 Å². The largest absolute Gasteiger partial charge is 0.391 e. The van der Waals surface area contributed by atoms with E-state index >= 15 is 0 Å². The van der Waals surface area contributed by atoms with Crippen LogP contribution in [0.25, 0.3) is 0 Å². The van der Waals surface area contributed by atoms with Crippen LogP contribution in [-0.4, -0.2) is 60.0 Å². The van der Waals surface area contributed by atoms with Gasteiger partial charge in [0.15, 0.2) is 0 Å². The summed E-state index contributed by atoms with van der Waals surface area (Å²) in [5.74, 6) is -3.04. The predicted molar refractivity (Wildman–Crippen MR) is 156 cm³/mol. The number of nitrogens with zero attached hydrogens (tertiary/aromatic N) is 1. The smallest absolute Gasteiger partial charge is 0.249 e. The van der Waals surface area contributed by atoms with E-state index < -0.39 is 35.1 Å². The van der Waals surface area contributed by atoms with Crippen molar-refractivity contribution in [2.24, 2.45) is 28.7 Å². The van der Waals surface area contributed by atoms with Gasteiger partial charge in [-0.25, -0.2) is 4.39 Å². The second kappa shape index (κ2) is 15.3. The fraction of sp³-hybridized carbons (Fsp3) is 0.567. The highest BCUT2D eigenvalue weighted by molar-refractivity contribution is 6.30. The highest BCUT2D eigenvalue weighted by atomic mass is 35.5. The van der Waals surface area contributed by atoms with Crippen LogP contribution < -0.4 is 16.8 Å². The number of hydrogen-bond acceptors (Lipinski definition) is 5. The van der Waals surface area contributed by atoms with Crippen molar-refractivity contribution < 1.29 is 23.9 Å². The molecule has 0 spiro atoms. The highest BCUT2D eigenvalue weighted by Crippen LogP contribution is 2.44. The van der Waals surface area contributed by atoms with Crippen LogP contribution in [0.4, 0.5) is 4.39 Å². The molecule has 0 saturated carbocycles. The van der Waals surface area contributed by atoms with Crippen molar-refractivity contribution in [1.82, 2.24) is 10.2 Å². The van der Waals surface area contributed by atoms with Gasteiger partial charge in [0, 0.05) is 41.7 Å². The summed E-state index contributed by atoms with van der Waals surface area (Å²) in [5.41, 5.74) is 10.7. The first-order valence-corrected chi connectivity index (χ1v) is 14.4. The number of nitrogens with two attached hydrogens (primary N) is 2. The first kappa shape index (κ1) is 33.5. The van der Waals surface area contributed by atoms with Crippen LogP contribution in [0.15, 0.2) is 41.5 Å². The molecule has 1 unspecified atom stereocenters. The summed E-state index contributed by atoms with van der Waals surface area (Å²) in [4.78, 5) is 41.2. The molecule has 0 saturated heterocycles. The van der Waals surface area contributed by atoms with E-state index in [0.29, 0.717) is 31.1 Å². The number of primary amides is 2. The van der Waals surface area contributed by atoms with Gasteiger partial charge in [-0.05, 0) is 74.4 Å². The molecular weight excluding hydrogens is 535 g/mol. The molecule has 0 fully saturated rings. The summed E-state index contributed by atoms with van der Waals surface area (Å²) in [5, 5.41) is 14.9. The van der Waals surface area contributed by atoms with Gasteiger partial charge in [0.2, 0.25) is 17.7 Å². The molecule has 8 nitrogen and oxygen atoms in total. The Kier molecular flexibility index (Phi) is 12.8. The van der Waals surface area contributed by atoms with E-state index in [4.69, 9.17) is 23.1 Å². The number of aliphatic hydroxyl groups is 1. The maximum atomic E-state index is 14.3. The van der Waals surface area contributed by atoms with Gasteiger partial charge in [-0.15, -0.1) is 0 Å². The Balaban J connectivity index is 2.62. The quantitative estimate of drug-likeness (QED) is 0.222. The minimum atomic E-state index is -1.66. The number of carbonyl (C=O) groups excluding carboxylic acids is 3. The van der Waals surface area contributed by atoms with E-state index in [1.54, 1.807) is 11.0 Å². The fourth-order valence-electron chi connectivity index (χ4n) is 5.27. The van der Waals surface area contributed by atoms with Gasteiger partial charge in [0.25, 0.3) is 0 Å². The Labute approximate surface area is 242 Å². The summed E-state index contributed by atoms with van der Waals surface area (Å²) >= 11 is 6.11. The molecule has 6 N–H and O–H groups in total. The Bertz CT molecular complexity index is 1100. The molecule has 1 aromatic carbocycles. The Morgan fingerprint density at radius 3 is 2.33 bits per heavy atom. The molecule has 1 aromatic rings. The van der Waals surface area contributed by atoms with Crippen LogP contribution >= 0.6 is 11.6 Å². The minimum absolute atomic E-state index is 0.00505. The molecule has 40 heavy (non-hydrogen) atoms. The van der Waals surface area contributed by atoms with Crippen LogP contribution in [0.3, 0.4) is 0 Å². The average Bonchev–Trinajstić information content (AvgIpc) is 2.88. The van der Waals surface area contributed by atoms with Gasteiger partial charge >= 0.3 is 0 Å². The molecule has 0 aliphatic heterocycles. The van der Waals surface area contributed by atoms with Gasteiger partial charge in [-0.1, -0.05) is 45.4 Å². The van der Waals surface area contributed by atoms with Crippen molar-refractivity contribution in [3.05, 3.63) is 57.9 Å². The Hall–Kier alpha value is -2.75. The molecule has 3 amide bonds. The van der Waals surface area contributed by atoms with Crippen molar-refractivity contribution in [3.8, 4) is 0 Å². The number of hydrogen-bond donors (Lipinski definition) is 4. The molecule has 10 heteroatoms. The van der Waals surface area contributed by atoms with Crippen LogP contribution in [-0.2, 0) is 20.8 Å². The van der Waals surface area contributed by atoms with E-state index in [2.05, 4.69) is 19.2 Å². The Morgan fingerprint density at radius 2 is 1.80 bits per heavy atom. The highest BCUT2D eigenvalue weighted by Gasteiger charge is 2.49. The lowest BCUT2D eigenvalue weighted by Crippen LogP contribution is -2.52. The van der Waals surface area contributed by atoms with Gasteiger partial charge in [-0.3, -0.25) is 14.4 Å². The maximum Gasteiger partial charge on any atom is 0.249 e. The van der Waals surface area contributed by atoms with Crippen molar-refractivity contribution in [1.29, 1.82) is 0 Å². The van der Waals surface area contributed by atoms with E-state index in [9.17, 15) is 23.9 Å². The number of amides is 3. The number of aliphatic hydroxyl groups excluding tert-OH is 1. The standard InChI is InChI=1S/C30H44ClFN4O4/c1-5-9-36(10-6-2)28(39)22-14-21(27(33)38)16-30(17-22,29(34)40)25(26(37)18-35-8-7-19(3)4)13-20-11-23(31)15-24(32)12-20/h11-12,14-16,19,25-26,35,37H,5-10,13,17-18H2,1-4H3,(H2,33,38)(H2,34,40)/t25-,26+,30?/m1/s1. The number of rotatable bonds is 16. The van der Waals surface area contributed by atoms with Crippen LogP contribution in [0.2, 0.25) is 5.02 Å². The predicted octanol–water partition coefficient (Wildman–Crippen LogP) is 3.50. The topological polar surface area (TPSA) is 139 Å². The van der Waals surface area contributed by atoms with Gasteiger partial charge in [0.1, 0.15) is 5.82 Å². The normalized spacial score (nSPS) is 18.6. The fourth-order valence-corrected chi connectivity index (χ4v) is 5.51. The van der Waals surface area contributed by atoms with Crippen LogP contribution in [0.5, 0.6) is 0 Å². The first-order chi connectivity index (χ1) is 18.8. The molecule has 0 heterocycles. The molecule has 0 bridgehead atoms. The lowest BCUT2D eigenvalue weighted by Gasteiger charge is -2.42. The summed E-state index contributed by atoms with van der Waals surface area (Å²) in [6, 6.07) is 3.99. The Morgan fingerprint density at radius 1 is 1.15 bits per heavy atom. The monoisotopic (exact) mass is 578 g/mol. The lowest BCUT2D eigenvalue weighted by atomic mass is 9.63. The SMILES string of the molecule is CCCN(CCC)C(=O)C1=CC(C(N)=O)=CC(C(N)=O)([C@H](Cc2cc(F)cc(Cl)c2)[C@@H](O)CNCCC(C)C)C1. The molecule has 2 rings (SSSR count). The van der Waals surface area contributed by atoms with Crippen molar-refractivity contribution in [3.63, 3.8) is 0 Å². The second-order valence-electron chi connectivity index (χ2n) is 11.0. The zero-order chi connectivity index (χ0) is 30.0. The van der Waals surface area contributed by atoms with E-state index in [1.165, 1.54) is 18.2 Å². The van der Waals surface area contributed by atoms with Gasteiger partial charge in [0.05, 0.1) is 11.5 Å². The van der Waals surface area contributed by atoms with Crippen molar-refractivity contribution in [2.45, 2.75) is 65.9 Å². The number of nitrogens with one attached hydrogen (secondary N) is 1. The van der Waals surface area contributed by atoms with E-state index in [-0.39, 0.29) is 41.5 Å². The number of halogens is 2. The molecule has 1 aliphatic rings. The number of benzene rings is 1. The molecular formula is C30H44ClFN4O4. The molecule has 0 radical (unpaired) electrons. The molecule has 1 aliphatic carbocycles. The molecule has 0 aromatic heterocycles. The molecule has 222 valence electrons. The van der Waals surface area contributed by atoms with Gasteiger partial charge < -0.3 is 26.8 Å². The van der Waals surface area contributed by atoms with E-state index in [0.717, 1.165) is 25.3 Å². The summed E-state index contributed by atoms with van der Waals surface area (Å²) in [6.07, 6.45) is 3.82. The lowest BCUT2D eigenvalue weighted by molar-refractivity contribution is -0.132. The van der Waals surface area contributed by atoms with Crippen molar-refractivity contribution >= 4 is 29.3 Å². The summed E-state index contributed by atoms with van der Waals surface area (Å²) < 4.78 is 14.3. The average molecular weight is 579 g/mol. The van der Waals surface area contributed by atoms with Crippen molar-refractivity contribution in [2.75, 3.05) is 26.2 Å². The third-order valence-electron chi connectivity index (χ3n) is 7.27. The maximum absolute atomic E-state index is 14.3. The third-order valence-corrected chi connectivity index (χ3v) is 7.49. The zero-order valence-corrected chi connectivity index (χ0v) is 24.8. The van der Waals surface area contributed by atoms with Crippen LogP contribution in [0.1, 0.15) is 58.9 Å². The first-order valence-electron chi connectivity index (χ1n) is 14.0.